The molecule has 21 heavy (non-hydrogen) atoms. The lowest BCUT2D eigenvalue weighted by atomic mass is 9.71. The second-order valence-corrected chi connectivity index (χ2v) is 6.56. The maximum absolute atomic E-state index is 13.3. The largest absolute Gasteiger partial charge is 0.330 e. The lowest BCUT2D eigenvalue weighted by Crippen LogP contribution is -2.36. The van der Waals surface area contributed by atoms with E-state index in [9.17, 15) is 9.18 Å². The molecule has 1 aromatic rings. The zero-order chi connectivity index (χ0) is 15.5. The lowest BCUT2D eigenvalue weighted by Gasteiger charge is -2.35. The third-order valence-electron chi connectivity index (χ3n) is 4.15. The Kier molecular flexibility index (Phi) is 5.47. The summed E-state index contributed by atoms with van der Waals surface area (Å²) in [6, 6.07) is 2.72. The fourth-order valence-corrected chi connectivity index (χ4v) is 3.42. The Balaban J connectivity index is 2.04. The lowest BCUT2D eigenvalue weighted by molar-refractivity contribution is -0.118. The highest BCUT2D eigenvalue weighted by Crippen LogP contribution is 2.38. The second kappa shape index (κ2) is 6.95. The summed E-state index contributed by atoms with van der Waals surface area (Å²) in [5.41, 5.74) is 6.16. The van der Waals surface area contributed by atoms with Gasteiger partial charge in [0.15, 0.2) is 5.82 Å². The van der Waals surface area contributed by atoms with Gasteiger partial charge < -0.3 is 11.1 Å². The molecule has 0 atom stereocenters. The number of hydrogen-bond donors (Lipinski definition) is 2. The Labute approximate surface area is 134 Å². The SMILES string of the molecule is NCC1(CC(=O)Nc2cc(Cl)c(F)c(Cl)c2)CCCCC1. The van der Waals surface area contributed by atoms with Crippen molar-refractivity contribution in [2.75, 3.05) is 11.9 Å². The molecule has 0 spiro atoms. The minimum absolute atomic E-state index is 0.107. The molecular weight excluding hydrogens is 314 g/mol. The van der Waals surface area contributed by atoms with Gasteiger partial charge in [-0.2, -0.15) is 0 Å². The first-order chi connectivity index (χ1) is 9.96. The average Bonchev–Trinajstić information content (AvgIpc) is 2.45. The van der Waals surface area contributed by atoms with Crippen LogP contribution in [0.15, 0.2) is 12.1 Å². The maximum Gasteiger partial charge on any atom is 0.224 e. The molecule has 0 bridgehead atoms. The summed E-state index contributed by atoms with van der Waals surface area (Å²) >= 11 is 11.4. The van der Waals surface area contributed by atoms with Crippen molar-refractivity contribution in [1.29, 1.82) is 0 Å². The number of anilines is 1. The highest BCUT2D eigenvalue weighted by Gasteiger charge is 2.33. The standard InChI is InChI=1S/C15H19Cl2FN2O/c16-11-6-10(7-12(17)14(11)18)20-13(21)8-15(9-19)4-2-1-3-5-15/h6-7H,1-5,8-9,19H2,(H,20,21). The van der Waals surface area contributed by atoms with E-state index in [0.717, 1.165) is 25.7 Å². The van der Waals surface area contributed by atoms with Crippen LogP contribution in [0, 0.1) is 11.2 Å². The molecule has 1 saturated carbocycles. The Bertz CT molecular complexity index is 507. The number of nitrogens with one attached hydrogen (secondary N) is 1. The van der Waals surface area contributed by atoms with E-state index in [0.29, 0.717) is 18.7 Å². The maximum atomic E-state index is 13.3. The first-order valence-electron chi connectivity index (χ1n) is 7.10. The molecule has 2 rings (SSSR count). The summed E-state index contributed by atoms with van der Waals surface area (Å²) in [4.78, 5) is 12.2. The van der Waals surface area contributed by atoms with E-state index in [2.05, 4.69) is 5.32 Å². The zero-order valence-corrected chi connectivity index (χ0v) is 13.2. The zero-order valence-electron chi connectivity index (χ0n) is 11.7. The van der Waals surface area contributed by atoms with Crippen molar-refractivity contribution < 1.29 is 9.18 Å². The number of benzene rings is 1. The van der Waals surface area contributed by atoms with Crippen LogP contribution in [-0.2, 0) is 4.79 Å². The molecule has 6 heteroatoms. The van der Waals surface area contributed by atoms with Crippen LogP contribution in [0.25, 0.3) is 0 Å². The second-order valence-electron chi connectivity index (χ2n) is 5.74. The van der Waals surface area contributed by atoms with Crippen molar-refractivity contribution in [2.45, 2.75) is 38.5 Å². The van der Waals surface area contributed by atoms with Crippen LogP contribution in [0.3, 0.4) is 0 Å². The summed E-state index contributed by atoms with van der Waals surface area (Å²) < 4.78 is 13.3. The molecule has 1 aromatic carbocycles. The van der Waals surface area contributed by atoms with Crippen LogP contribution < -0.4 is 11.1 Å². The van der Waals surface area contributed by atoms with Crippen LogP contribution >= 0.6 is 23.2 Å². The van der Waals surface area contributed by atoms with Gasteiger partial charge in [0.1, 0.15) is 0 Å². The number of halogens is 3. The number of rotatable bonds is 4. The van der Waals surface area contributed by atoms with E-state index in [1.807, 2.05) is 0 Å². The van der Waals surface area contributed by atoms with Gasteiger partial charge in [0.25, 0.3) is 0 Å². The number of nitrogens with two attached hydrogens (primary N) is 1. The molecule has 3 nitrogen and oxygen atoms in total. The van der Waals surface area contributed by atoms with E-state index >= 15 is 0 Å². The molecule has 0 saturated heterocycles. The van der Waals surface area contributed by atoms with Crippen molar-refractivity contribution in [3.8, 4) is 0 Å². The average molecular weight is 333 g/mol. The summed E-state index contributed by atoms with van der Waals surface area (Å²) in [6.07, 6.45) is 5.74. The van der Waals surface area contributed by atoms with Crippen molar-refractivity contribution in [3.05, 3.63) is 28.0 Å². The first kappa shape index (κ1) is 16.5. The van der Waals surface area contributed by atoms with Gasteiger partial charge in [-0.3, -0.25) is 4.79 Å². The molecular formula is C15H19Cl2FN2O. The van der Waals surface area contributed by atoms with E-state index in [4.69, 9.17) is 28.9 Å². The summed E-state index contributed by atoms with van der Waals surface area (Å²) in [7, 11) is 0. The molecule has 0 heterocycles. The highest BCUT2D eigenvalue weighted by atomic mass is 35.5. The van der Waals surface area contributed by atoms with Crippen LogP contribution in [0.2, 0.25) is 10.0 Å². The molecule has 1 fully saturated rings. The number of carbonyl (C=O) groups is 1. The van der Waals surface area contributed by atoms with Crippen molar-refractivity contribution in [3.63, 3.8) is 0 Å². The molecule has 3 N–H and O–H groups in total. The fraction of sp³-hybridized carbons (Fsp3) is 0.533. The fourth-order valence-electron chi connectivity index (χ4n) is 2.93. The van der Waals surface area contributed by atoms with Gasteiger partial charge in [0, 0.05) is 12.1 Å². The van der Waals surface area contributed by atoms with Crippen LogP contribution in [0.4, 0.5) is 10.1 Å². The number of amides is 1. The molecule has 0 aliphatic heterocycles. The van der Waals surface area contributed by atoms with E-state index < -0.39 is 5.82 Å². The molecule has 0 radical (unpaired) electrons. The van der Waals surface area contributed by atoms with Crippen LogP contribution in [0.1, 0.15) is 38.5 Å². The molecule has 0 aromatic heterocycles. The summed E-state index contributed by atoms with van der Waals surface area (Å²) in [5.74, 6) is -0.817. The van der Waals surface area contributed by atoms with Crippen molar-refractivity contribution in [2.24, 2.45) is 11.1 Å². The quantitative estimate of drug-likeness (QED) is 0.804. The Hall–Kier alpha value is -0.840. The van der Waals surface area contributed by atoms with Crippen LogP contribution in [0.5, 0.6) is 0 Å². The van der Waals surface area contributed by atoms with Gasteiger partial charge in [-0.25, -0.2) is 4.39 Å². The predicted octanol–water partition coefficient (Wildman–Crippen LogP) is 4.37. The smallest absolute Gasteiger partial charge is 0.224 e. The third kappa shape index (κ3) is 4.09. The third-order valence-corrected chi connectivity index (χ3v) is 4.70. The van der Waals surface area contributed by atoms with Crippen molar-refractivity contribution >= 4 is 34.8 Å². The number of hydrogen-bond acceptors (Lipinski definition) is 2. The minimum atomic E-state index is -0.679. The van der Waals surface area contributed by atoms with E-state index in [1.165, 1.54) is 18.6 Å². The van der Waals surface area contributed by atoms with E-state index in [-0.39, 0.29) is 21.4 Å². The molecule has 1 aliphatic carbocycles. The Morgan fingerprint density at radius 2 is 1.81 bits per heavy atom. The van der Waals surface area contributed by atoms with Gasteiger partial charge in [-0.1, -0.05) is 42.5 Å². The highest BCUT2D eigenvalue weighted by molar-refractivity contribution is 6.35. The first-order valence-corrected chi connectivity index (χ1v) is 7.86. The topological polar surface area (TPSA) is 55.1 Å². The van der Waals surface area contributed by atoms with E-state index in [1.54, 1.807) is 0 Å². The van der Waals surface area contributed by atoms with Gasteiger partial charge in [0.05, 0.1) is 10.0 Å². The molecule has 0 unspecified atom stereocenters. The minimum Gasteiger partial charge on any atom is -0.330 e. The van der Waals surface area contributed by atoms with Gasteiger partial charge in [0.2, 0.25) is 5.91 Å². The van der Waals surface area contributed by atoms with Crippen LogP contribution in [-0.4, -0.2) is 12.5 Å². The predicted molar refractivity (Wildman–Crippen MR) is 84.2 cm³/mol. The summed E-state index contributed by atoms with van der Waals surface area (Å²) in [5, 5.41) is 2.51. The number of carbonyl (C=O) groups excluding carboxylic acids is 1. The monoisotopic (exact) mass is 332 g/mol. The Morgan fingerprint density at radius 3 is 2.33 bits per heavy atom. The Morgan fingerprint density at radius 1 is 1.24 bits per heavy atom. The normalized spacial score (nSPS) is 17.5. The van der Waals surface area contributed by atoms with Gasteiger partial charge >= 0.3 is 0 Å². The summed E-state index contributed by atoms with van der Waals surface area (Å²) in [6.45, 7) is 0.505. The van der Waals surface area contributed by atoms with Gasteiger partial charge in [-0.15, -0.1) is 0 Å². The molecule has 1 amide bonds. The molecule has 1 aliphatic rings. The molecule has 116 valence electrons. The van der Waals surface area contributed by atoms with Crippen molar-refractivity contribution in [1.82, 2.24) is 0 Å². The van der Waals surface area contributed by atoms with Gasteiger partial charge in [-0.05, 0) is 36.9 Å².